The molecule has 3 fully saturated rings. The second kappa shape index (κ2) is 3.45. The standard InChI is InChI=1S/C12H11ClF2O2S/c13-18(16,17)7-11-4-12(5-11,6-11)8-2-1-3-9(14)10(8)15/h1-3H,4-7H2. The van der Waals surface area contributed by atoms with Crippen LogP contribution in [0.1, 0.15) is 24.8 Å². The summed E-state index contributed by atoms with van der Waals surface area (Å²) in [5, 5.41) is 0. The summed E-state index contributed by atoms with van der Waals surface area (Å²) in [5.74, 6) is -1.73. The van der Waals surface area contributed by atoms with Crippen LogP contribution >= 0.6 is 10.7 Å². The predicted molar refractivity (Wildman–Crippen MR) is 64.0 cm³/mol. The van der Waals surface area contributed by atoms with E-state index in [1.165, 1.54) is 6.07 Å². The minimum absolute atomic E-state index is 0.0692. The highest BCUT2D eigenvalue weighted by Gasteiger charge is 2.69. The van der Waals surface area contributed by atoms with Gasteiger partial charge in [-0.1, -0.05) is 12.1 Å². The summed E-state index contributed by atoms with van der Waals surface area (Å²) in [6, 6.07) is 4.15. The molecule has 2 bridgehead atoms. The lowest BCUT2D eigenvalue weighted by molar-refractivity contribution is -0.124. The summed E-state index contributed by atoms with van der Waals surface area (Å²) < 4.78 is 49.0. The highest BCUT2D eigenvalue weighted by atomic mass is 35.7. The molecule has 3 aliphatic rings. The average Bonchev–Trinajstić information content (AvgIpc) is 2.13. The Bertz CT molecular complexity index is 607. The van der Waals surface area contributed by atoms with Crippen LogP contribution in [0.15, 0.2) is 18.2 Å². The molecule has 3 saturated carbocycles. The molecular weight excluding hydrogens is 282 g/mol. The first-order valence-electron chi connectivity index (χ1n) is 5.62. The maximum absolute atomic E-state index is 13.7. The van der Waals surface area contributed by atoms with Crippen LogP contribution in [0.25, 0.3) is 0 Å². The van der Waals surface area contributed by atoms with Crippen LogP contribution in [0.2, 0.25) is 0 Å². The third kappa shape index (κ3) is 1.67. The number of benzene rings is 1. The van der Waals surface area contributed by atoms with Crippen LogP contribution < -0.4 is 0 Å². The summed E-state index contributed by atoms with van der Waals surface area (Å²) >= 11 is 0. The third-order valence-corrected chi connectivity index (χ3v) is 5.43. The monoisotopic (exact) mass is 292 g/mol. The Morgan fingerprint density at radius 2 is 1.83 bits per heavy atom. The van der Waals surface area contributed by atoms with Gasteiger partial charge in [0.25, 0.3) is 0 Å². The molecule has 0 unspecified atom stereocenters. The normalized spacial score (nSPS) is 33.7. The molecule has 0 aromatic heterocycles. The van der Waals surface area contributed by atoms with E-state index in [1.807, 2.05) is 0 Å². The maximum Gasteiger partial charge on any atom is 0.233 e. The van der Waals surface area contributed by atoms with E-state index >= 15 is 0 Å². The van der Waals surface area contributed by atoms with Crippen LogP contribution in [0.4, 0.5) is 8.78 Å². The molecular formula is C12H11ClF2O2S. The molecule has 4 rings (SSSR count). The van der Waals surface area contributed by atoms with E-state index in [2.05, 4.69) is 0 Å². The van der Waals surface area contributed by atoms with Gasteiger partial charge in [-0.3, -0.25) is 0 Å². The molecule has 1 aromatic rings. The lowest BCUT2D eigenvalue weighted by Gasteiger charge is -2.70. The highest BCUT2D eigenvalue weighted by Crippen LogP contribution is 2.74. The zero-order valence-electron chi connectivity index (χ0n) is 9.42. The molecule has 0 saturated heterocycles. The molecule has 0 aliphatic heterocycles. The van der Waals surface area contributed by atoms with Gasteiger partial charge < -0.3 is 0 Å². The number of halogens is 3. The molecule has 0 N–H and O–H groups in total. The van der Waals surface area contributed by atoms with Gasteiger partial charge in [0.2, 0.25) is 9.05 Å². The summed E-state index contributed by atoms with van der Waals surface area (Å²) in [4.78, 5) is 0. The Morgan fingerprint density at radius 1 is 1.22 bits per heavy atom. The van der Waals surface area contributed by atoms with Crippen molar-refractivity contribution in [2.24, 2.45) is 5.41 Å². The van der Waals surface area contributed by atoms with Crippen LogP contribution in [-0.2, 0) is 14.5 Å². The minimum Gasteiger partial charge on any atom is -0.212 e. The SMILES string of the molecule is O=S(=O)(Cl)CC12CC(c3cccc(F)c3F)(C1)C2. The van der Waals surface area contributed by atoms with Crippen LogP contribution in [-0.4, -0.2) is 14.2 Å². The Balaban J connectivity index is 1.82. The van der Waals surface area contributed by atoms with Gasteiger partial charge in [-0.25, -0.2) is 17.2 Å². The third-order valence-electron chi connectivity index (χ3n) is 4.14. The van der Waals surface area contributed by atoms with Crippen LogP contribution in [0.3, 0.4) is 0 Å². The Labute approximate surface area is 108 Å². The van der Waals surface area contributed by atoms with E-state index in [0.29, 0.717) is 24.8 Å². The van der Waals surface area contributed by atoms with Crippen molar-refractivity contribution < 1.29 is 17.2 Å². The lowest BCUT2D eigenvalue weighted by atomic mass is 9.34. The van der Waals surface area contributed by atoms with Gasteiger partial charge >= 0.3 is 0 Å². The lowest BCUT2D eigenvalue weighted by Crippen LogP contribution is -2.66. The molecule has 0 radical (unpaired) electrons. The van der Waals surface area contributed by atoms with Gasteiger partial charge in [0.15, 0.2) is 11.6 Å². The van der Waals surface area contributed by atoms with E-state index in [4.69, 9.17) is 10.7 Å². The number of hydrogen-bond acceptors (Lipinski definition) is 2. The smallest absolute Gasteiger partial charge is 0.212 e. The van der Waals surface area contributed by atoms with Crippen molar-refractivity contribution in [2.75, 3.05) is 5.75 Å². The molecule has 0 spiro atoms. The first kappa shape index (κ1) is 12.4. The number of hydrogen-bond donors (Lipinski definition) is 0. The first-order chi connectivity index (χ1) is 8.25. The minimum atomic E-state index is -3.53. The Kier molecular flexibility index (Phi) is 2.37. The quantitative estimate of drug-likeness (QED) is 0.803. The molecule has 3 aliphatic carbocycles. The zero-order chi connectivity index (χ0) is 13.2. The van der Waals surface area contributed by atoms with Gasteiger partial charge in [-0.15, -0.1) is 0 Å². The fourth-order valence-corrected chi connectivity index (χ4v) is 5.45. The maximum atomic E-state index is 13.7. The molecule has 2 nitrogen and oxygen atoms in total. The van der Waals surface area contributed by atoms with Crippen molar-refractivity contribution >= 4 is 19.7 Å². The van der Waals surface area contributed by atoms with E-state index in [1.54, 1.807) is 6.07 Å². The summed E-state index contributed by atoms with van der Waals surface area (Å²) in [7, 11) is 1.71. The van der Waals surface area contributed by atoms with E-state index < -0.39 is 20.7 Å². The summed E-state index contributed by atoms with van der Waals surface area (Å²) in [6.07, 6.45) is 1.73. The molecule has 0 atom stereocenters. The molecule has 98 valence electrons. The second-order valence-electron chi connectivity index (χ2n) is 5.60. The largest absolute Gasteiger partial charge is 0.233 e. The summed E-state index contributed by atoms with van der Waals surface area (Å²) in [5.41, 5.74) is -0.302. The van der Waals surface area contributed by atoms with Crippen molar-refractivity contribution in [1.82, 2.24) is 0 Å². The van der Waals surface area contributed by atoms with Crippen molar-refractivity contribution in [3.63, 3.8) is 0 Å². The van der Waals surface area contributed by atoms with Gasteiger partial charge in [0.1, 0.15) is 0 Å². The second-order valence-corrected chi connectivity index (χ2v) is 8.37. The van der Waals surface area contributed by atoms with Gasteiger partial charge in [-0.05, 0) is 41.7 Å². The molecule has 0 amide bonds. The molecule has 6 heteroatoms. The Morgan fingerprint density at radius 3 is 2.39 bits per heavy atom. The zero-order valence-corrected chi connectivity index (χ0v) is 11.0. The molecule has 0 heterocycles. The van der Waals surface area contributed by atoms with E-state index in [0.717, 1.165) is 6.07 Å². The van der Waals surface area contributed by atoms with Crippen LogP contribution in [0.5, 0.6) is 0 Å². The average molecular weight is 293 g/mol. The van der Waals surface area contributed by atoms with Crippen molar-refractivity contribution in [3.8, 4) is 0 Å². The van der Waals surface area contributed by atoms with E-state index in [9.17, 15) is 17.2 Å². The molecule has 1 aromatic carbocycles. The van der Waals surface area contributed by atoms with Crippen molar-refractivity contribution in [3.05, 3.63) is 35.4 Å². The van der Waals surface area contributed by atoms with Gasteiger partial charge in [0.05, 0.1) is 5.75 Å². The van der Waals surface area contributed by atoms with Crippen LogP contribution in [0, 0.1) is 17.0 Å². The Hall–Kier alpha value is -0.680. The number of rotatable bonds is 3. The van der Waals surface area contributed by atoms with Gasteiger partial charge in [0, 0.05) is 10.7 Å². The fraction of sp³-hybridized carbons (Fsp3) is 0.500. The van der Waals surface area contributed by atoms with E-state index in [-0.39, 0.29) is 16.6 Å². The summed E-state index contributed by atoms with van der Waals surface area (Å²) in [6.45, 7) is 0. The van der Waals surface area contributed by atoms with Crippen molar-refractivity contribution in [1.29, 1.82) is 0 Å². The fourth-order valence-electron chi connectivity index (χ4n) is 3.72. The first-order valence-corrected chi connectivity index (χ1v) is 8.10. The molecule has 18 heavy (non-hydrogen) atoms. The van der Waals surface area contributed by atoms with Gasteiger partial charge in [-0.2, -0.15) is 0 Å². The highest BCUT2D eigenvalue weighted by molar-refractivity contribution is 8.13. The van der Waals surface area contributed by atoms with Crippen molar-refractivity contribution in [2.45, 2.75) is 24.7 Å². The topological polar surface area (TPSA) is 34.1 Å². The predicted octanol–water partition coefficient (Wildman–Crippen LogP) is 2.96.